The van der Waals surface area contributed by atoms with Gasteiger partial charge in [0.2, 0.25) is 0 Å². The number of para-hydroxylation sites is 3. The Morgan fingerprint density at radius 1 is 0.259 bits per heavy atom. The molecule has 0 N–H and O–H groups in total. The van der Waals surface area contributed by atoms with Crippen molar-refractivity contribution in [3.63, 3.8) is 0 Å². The van der Waals surface area contributed by atoms with Crippen molar-refractivity contribution in [1.29, 1.82) is 0 Å². The number of rotatable bonds is 5. The van der Waals surface area contributed by atoms with E-state index in [2.05, 4.69) is 209 Å². The van der Waals surface area contributed by atoms with Gasteiger partial charge in [-0.2, -0.15) is 0 Å². The Morgan fingerprint density at radius 2 is 0.741 bits per heavy atom. The highest BCUT2D eigenvalue weighted by molar-refractivity contribution is 6.14. The molecule has 5 nitrogen and oxygen atoms in total. The summed E-state index contributed by atoms with van der Waals surface area (Å²) in [7, 11) is 0. The number of fused-ring (bicyclic) bond motifs is 8. The average Bonchev–Trinajstić information content (AvgIpc) is 3.80. The minimum atomic E-state index is 0.619. The fourth-order valence-corrected chi connectivity index (χ4v) is 8.78. The van der Waals surface area contributed by atoms with E-state index in [-0.39, 0.29) is 0 Å². The third kappa shape index (κ3) is 5.14. The van der Waals surface area contributed by atoms with Gasteiger partial charge in [-0.15, -0.1) is 0 Å². The lowest BCUT2D eigenvalue weighted by Gasteiger charge is -2.12. The quantitative estimate of drug-likeness (QED) is 0.177. The molecular formula is C53H33N5. The van der Waals surface area contributed by atoms with Crippen LogP contribution in [0.3, 0.4) is 0 Å². The third-order valence-corrected chi connectivity index (χ3v) is 11.5. The van der Waals surface area contributed by atoms with Gasteiger partial charge in [0.05, 0.1) is 22.1 Å². The van der Waals surface area contributed by atoms with Crippen LogP contribution in [0.15, 0.2) is 200 Å². The maximum absolute atomic E-state index is 5.26. The van der Waals surface area contributed by atoms with E-state index in [9.17, 15) is 0 Å². The highest BCUT2D eigenvalue weighted by atomic mass is 15.0. The topological polar surface area (TPSA) is 48.5 Å². The Morgan fingerprint density at radius 3 is 1.45 bits per heavy atom. The fraction of sp³-hybridized carbons (Fsp3) is 0. The zero-order chi connectivity index (χ0) is 38.2. The molecule has 270 valence electrons. The summed E-state index contributed by atoms with van der Waals surface area (Å²) >= 11 is 0. The van der Waals surface area contributed by atoms with Crippen molar-refractivity contribution in [1.82, 2.24) is 24.1 Å². The largest absolute Gasteiger partial charge is 0.309 e. The Labute approximate surface area is 333 Å². The number of hydrogen-bond acceptors (Lipinski definition) is 3. The number of nitrogens with zero attached hydrogens (tertiary/aromatic N) is 5. The first-order chi connectivity index (χ1) is 28.7. The Balaban J connectivity index is 1.07. The molecule has 58 heavy (non-hydrogen) atoms. The minimum absolute atomic E-state index is 0.619. The lowest BCUT2D eigenvalue weighted by Crippen LogP contribution is -2.01. The van der Waals surface area contributed by atoms with Crippen molar-refractivity contribution < 1.29 is 0 Å². The van der Waals surface area contributed by atoms with E-state index < -0.39 is 0 Å². The van der Waals surface area contributed by atoms with Crippen LogP contribution in [0, 0.1) is 0 Å². The zero-order valence-electron chi connectivity index (χ0n) is 31.3. The first-order valence-electron chi connectivity index (χ1n) is 19.6. The summed E-state index contributed by atoms with van der Waals surface area (Å²) in [5.41, 5.74) is 9.55. The van der Waals surface area contributed by atoms with Gasteiger partial charge in [-0.3, -0.25) is 0 Å². The molecule has 0 aliphatic heterocycles. The van der Waals surface area contributed by atoms with Crippen LogP contribution in [0.25, 0.3) is 111 Å². The van der Waals surface area contributed by atoms with Gasteiger partial charge in [-0.05, 0) is 94.3 Å². The summed E-state index contributed by atoms with van der Waals surface area (Å²) in [6.45, 7) is 0. The van der Waals surface area contributed by atoms with E-state index in [0.29, 0.717) is 17.5 Å². The van der Waals surface area contributed by atoms with E-state index in [1.807, 2.05) is 0 Å². The number of aromatic nitrogens is 5. The van der Waals surface area contributed by atoms with Gasteiger partial charge in [0, 0.05) is 49.6 Å². The maximum atomic E-state index is 5.26. The molecule has 0 radical (unpaired) electrons. The third-order valence-electron chi connectivity index (χ3n) is 11.5. The first kappa shape index (κ1) is 32.4. The van der Waals surface area contributed by atoms with Gasteiger partial charge >= 0.3 is 0 Å². The lowest BCUT2D eigenvalue weighted by atomic mass is 10.1. The minimum Gasteiger partial charge on any atom is -0.309 e. The molecule has 0 atom stereocenters. The molecule has 5 heteroatoms. The smallest absolute Gasteiger partial charge is 0.164 e. The van der Waals surface area contributed by atoms with Crippen molar-refractivity contribution in [3.8, 4) is 45.5 Å². The van der Waals surface area contributed by atoms with Crippen LogP contribution >= 0.6 is 0 Å². The Bertz CT molecular complexity index is 3580. The lowest BCUT2D eigenvalue weighted by molar-refractivity contribution is 1.07. The molecular weight excluding hydrogens is 707 g/mol. The van der Waals surface area contributed by atoms with Gasteiger partial charge in [-0.1, -0.05) is 127 Å². The SMILES string of the molecule is c1ccc(-n2c3ccccc3c3cc(-c4nc(-c5cccc(-n6c7ccccc7c7cc8ccccc8cc76)c5)nc(-c5ccc6ccccc6c5)n4)ccc32)cc1. The Hall–Kier alpha value is -7.89. The molecule has 3 heterocycles. The molecule has 0 amide bonds. The van der Waals surface area contributed by atoms with E-state index >= 15 is 0 Å². The summed E-state index contributed by atoms with van der Waals surface area (Å²) in [6.07, 6.45) is 0. The van der Waals surface area contributed by atoms with Crippen LogP contribution in [-0.4, -0.2) is 24.1 Å². The molecule has 0 fully saturated rings. The summed E-state index contributed by atoms with van der Waals surface area (Å²) in [4.78, 5) is 15.7. The van der Waals surface area contributed by atoms with E-state index in [0.717, 1.165) is 60.9 Å². The average molecular weight is 740 g/mol. The van der Waals surface area contributed by atoms with Gasteiger partial charge in [0.25, 0.3) is 0 Å². The second kappa shape index (κ2) is 12.8. The summed E-state index contributed by atoms with van der Waals surface area (Å²) in [5.74, 6) is 1.87. The summed E-state index contributed by atoms with van der Waals surface area (Å²) < 4.78 is 4.69. The van der Waals surface area contributed by atoms with Crippen LogP contribution in [0.4, 0.5) is 0 Å². The highest BCUT2D eigenvalue weighted by Crippen LogP contribution is 2.38. The van der Waals surface area contributed by atoms with E-state index in [1.165, 1.54) is 32.3 Å². The molecule has 12 rings (SSSR count). The highest BCUT2D eigenvalue weighted by Gasteiger charge is 2.18. The van der Waals surface area contributed by atoms with E-state index in [4.69, 9.17) is 15.0 Å². The summed E-state index contributed by atoms with van der Waals surface area (Å²) in [5, 5.41) is 9.52. The monoisotopic (exact) mass is 739 g/mol. The predicted octanol–water partition coefficient (Wildman–Crippen LogP) is 13.4. The predicted molar refractivity (Wildman–Crippen MR) is 240 cm³/mol. The van der Waals surface area contributed by atoms with Crippen molar-refractivity contribution >= 4 is 65.2 Å². The second-order valence-corrected chi connectivity index (χ2v) is 14.9. The number of benzene rings is 9. The molecule has 0 aliphatic carbocycles. The molecule has 12 aromatic rings. The molecule has 0 saturated heterocycles. The molecule has 0 saturated carbocycles. The maximum Gasteiger partial charge on any atom is 0.164 e. The molecule has 0 bridgehead atoms. The van der Waals surface area contributed by atoms with Crippen molar-refractivity contribution in [3.05, 3.63) is 200 Å². The van der Waals surface area contributed by atoms with Crippen LogP contribution in [0.2, 0.25) is 0 Å². The van der Waals surface area contributed by atoms with Crippen LogP contribution in [0.5, 0.6) is 0 Å². The zero-order valence-corrected chi connectivity index (χ0v) is 31.3. The van der Waals surface area contributed by atoms with Crippen molar-refractivity contribution in [2.75, 3.05) is 0 Å². The molecule has 3 aromatic heterocycles. The van der Waals surface area contributed by atoms with Gasteiger partial charge in [-0.25, -0.2) is 15.0 Å². The molecule has 0 spiro atoms. The van der Waals surface area contributed by atoms with Crippen molar-refractivity contribution in [2.24, 2.45) is 0 Å². The summed E-state index contributed by atoms with van der Waals surface area (Å²) in [6, 6.07) is 71.0. The fourth-order valence-electron chi connectivity index (χ4n) is 8.78. The van der Waals surface area contributed by atoms with Gasteiger partial charge in [0.1, 0.15) is 0 Å². The second-order valence-electron chi connectivity index (χ2n) is 14.9. The van der Waals surface area contributed by atoms with Crippen molar-refractivity contribution in [2.45, 2.75) is 0 Å². The standard InChI is InChI=1S/C53H33N5/c1-2-18-41(19-3-1)57-47-23-10-8-21-43(47)45-32-40(27-28-49(45)57)53-55-51(54-52(56-53)39-26-25-34-13-4-5-14-35(34)29-39)38-17-12-20-42(30-38)58-48-24-11-9-22-44(48)46-31-36-15-6-7-16-37(36)33-50(46)58/h1-33H. The number of hydrogen-bond donors (Lipinski definition) is 0. The molecule has 9 aromatic carbocycles. The van der Waals surface area contributed by atoms with Gasteiger partial charge < -0.3 is 9.13 Å². The van der Waals surface area contributed by atoms with Gasteiger partial charge in [0.15, 0.2) is 17.5 Å². The van der Waals surface area contributed by atoms with Crippen LogP contribution in [0.1, 0.15) is 0 Å². The first-order valence-corrected chi connectivity index (χ1v) is 19.6. The Kier molecular flexibility index (Phi) is 7.16. The normalized spacial score (nSPS) is 11.8. The molecule has 0 unspecified atom stereocenters. The molecule has 0 aliphatic rings. The van der Waals surface area contributed by atoms with E-state index in [1.54, 1.807) is 0 Å². The van der Waals surface area contributed by atoms with Crippen LogP contribution < -0.4 is 0 Å². The van der Waals surface area contributed by atoms with Crippen LogP contribution in [-0.2, 0) is 0 Å².